The van der Waals surface area contributed by atoms with E-state index in [0.717, 1.165) is 11.9 Å². The molecule has 0 aliphatic carbocycles. The van der Waals surface area contributed by atoms with Gasteiger partial charge in [0.15, 0.2) is 11.5 Å². The second kappa shape index (κ2) is 9.36. The number of nitrogens with zero attached hydrogens (tertiary/aromatic N) is 3. The van der Waals surface area contributed by atoms with Gasteiger partial charge >= 0.3 is 0 Å². The monoisotopic (exact) mass is 449 g/mol. The number of para-hydroxylation sites is 1. The molecule has 33 heavy (non-hydrogen) atoms. The van der Waals surface area contributed by atoms with E-state index in [4.69, 9.17) is 5.41 Å². The van der Waals surface area contributed by atoms with Crippen molar-refractivity contribution in [1.29, 1.82) is 5.41 Å². The minimum absolute atomic E-state index is 0.0617. The van der Waals surface area contributed by atoms with Crippen LogP contribution in [0.4, 0.5) is 20.2 Å². The Morgan fingerprint density at radius 3 is 2.55 bits per heavy atom. The third kappa shape index (κ3) is 5.16. The minimum atomic E-state index is -1.18. The summed E-state index contributed by atoms with van der Waals surface area (Å²) in [5.41, 5.74) is 0.443. The Kier molecular flexibility index (Phi) is 6.35. The van der Waals surface area contributed by atoms with Crippen molar-refractivity contribution in [2.75, 3.05) is 23.3 Å². The van der Waals surface area contributed by atoms with Crippen molar-refractivity contribution < 1.29 is 8.78 Å². The number of allylic oxidation sites excluding steroid dienone is 1. The van der Waals surface area contributed by atoms with Crippen molar-refractivity contribution in [3.8, 4) is 5.69 Å². The topological polar surface area (TPSA) is 74.0 Å². The number of piperidine rings is 1. The quantitative estimate of drug-likeness (QED) is 0.530. The van der Waals surface area contributed by atoms with E-state index in [2.05, 4.69) is 10.4 Å². The molecular weight excluding hydrogens is 424 g/mol. The Morgan fingerprint density at radius 1 is 1.15 bits per heavy atom. The zero-order chi connectivity index (χ0) is 23.4. The van der Waals surface area contributed by atoms with Crippen LogP contribution in [-0.2, 0) is 0 Å². The van der Waals surface area contributed by atoms with E-state index >= 15 is 4.39 Å². The van der Waals surface area contributed by atoms with Crippen molar-refractivity contribution in [2.45, 2.75) is 25.4 Å². The summed E-state index contributed by atoms with van der Waals surface area (Å²) >= 11 is 0. The summed E-state index contributed by atoms with van der Waals surface area (Å²) < 4.78 is 30.5. The number of anilines is 2. The van der Waals surface area contributed by atoms with Gasteiger partial charge in [0, 0.05) is 42.9 Å². The van der Waals surface area contributed by atoms with Crippen LogP contribution >= 0.6 is 0 Å². The third-order valence-corrected chi connectivity index (χ3v) is 5.72. The molecule has 8 heteroatoms. The highest BCUT2D eigenvalue weighted by Crippen LogP contribution is 2.30. The van der Waals surface area contributed by atoms with Crippen LogP contribution in [-0.4, -0.2) is 34.8 Å². The molecular formula is C25H25F2N5O. The number of alkyl halides is 1. The molecule has 1 aromatic heterocycles. The lowest BCUT2D eigenvalue weighted by Gasteiger charge is -2.35. The Bertz CT molecular complexity index is 1230. The van der Waals surface area contributed by atoms with Gasteiger partial charge in [-0.1, -0.05) is 18.2 Å². The smallest absolute Gasteiger partial charge is 0.209 e. The van der Waals surface area contributed by atoms with Crippen molar-refractivity contribution in [3.05, 3.63) is 88.6 Å². The Hall–Kier alpha value is -3.81. The van der Waals surface area contributed by atoms with E-state index in [1.165, 1.54) is 29.1 Å². The molecule has 0 unspecified atom stereocenters. The van der Waals surface area contributed by atoms with Gasteiger partial charge < -0.3 is 15.6 Å². The summed E-state index contributed by atoms with van der Waals surface area (Å²) in [6.07, 6.45) is 4.69. The molecule has 0 bridgehead atoms. The van der Waals surface area contributed by atoms with Gasteiger partial charge in [-0.25, -0.2) is 13.5 Å². The second-order valence-corrected chi connectivity index (χ2v) is 8.25. The number of hydrogen-bond donors (Lipinski definition) is 2. The van der Waals surface area contributed by atoms with Crippen LogP contribution in [0, 0.1) is 11.2 Å². The predicted octanol–water partition coefficient (Wildman–Crippen LogP) is 4.80. The summed E-state index contributed by atoms with van der Waals surface area (Å²) in [4.78, 5) is 14.5. The van der Waals surface area contributed by atoms with Crippen molar-refractivity contribution >= 4 is 23.3 Å². The number of benzene rings is 2. The van der Waals surface area contributed by atoms with Gasteiger partial charge in [-0.2, -0.15) is 5.10 Å². The average Bonchev–Trinajstić information content (AvgIpc) is 2.80. The number of nitrogens with one attached hydrogen (secondary N) is 2. The fraction of sp³-hybridized carbons (Fsp3) is 0.240. The number of halogens is 2. The predicted molar refractivity (Wildman–Crippen MR) is 128 cm³/mol. The summed E-state index contributed by atoms with van der Waals surface area (Å²) in [7, 11) is 0. The van der Waals surface area contributed by atoms with Gasteiger partial charge in [0.1, 0.15) is 11.4 Å². The molecule has 3 aromatic rings. The van der Waals surface area contributed by atoms with Gasteiger partial charge in [0.25, 0.3) is 0 Å². The maximum atomic E-state index is 15.1. The molecule has 2 N–H and O–H groups in total. The van der Waals surface area contributed by atoms with Crippen LogP contribution in [0.1, 0.15) is 25.5 Å². The van der Waals surface area contributed by atoms with Crippen LogP contribution in [0.15, 0.2) is 71.7 Å². The molecule has 6 nitrogen and oxygen atoms in total. The molecule has 0 amide bonds. The Balaban J connectivity index is 1.64. The van der Waals surface area contributed by atoms with Crippen LogP contribution < -0.4 is 15.6 Å². The molecule has 2 heterocycles. The number of aromatic nitrogens is 2. The van der Waals surface area contributed by atoms with Gasteiger partial charge in [-0.15, -0.1) is 0 Å². The van der Waals surface area contributed by atoms with Gasteiger partial charge in [-0.05, 0) is 56.2 Å². The largest absolute Gasteiger partial charge is 0.371 e. The Labute approximate surface area is 190 Å². The highest BCUT2D eigenvalue weighted by molar-refractivity contribution is 5.86. The first-order valence-corrected chi connectivity index (χ1v) is 10.7. The first kappa shape index (κ1) is 22.4. The van der Waals surface area contributed by atoms with Crippen LogP contribution in [0.25, 0.3) is 11.4 Å². The Morgan fingerprint density at radius 2 is 1.88 bits per heavy atom. The lowest BCUT2D eigenvalue weighted by molar-refractivity contribution is 0.149. The van der Waals surface area contributed by atoms with Crippen LogP contribution in [0.3, 0.4) is 0 Å². The summed E-state index contributed by atoms with van der Waals surface area (Å²) in [5, 5.41) is 14.9. The number of rotatable bonds is 6. The summed E-state index contributed by atoms with van der Waals surface area (Å²) in [6.45, 7) is 2.64. The van der Waals surface area contributed by atoms with Crippen LogP contribution in [0.5, 0.6) is 0 Å². The highest BCUT2D eigenvalue weighted by Gasteiger charge is 2.29. The van der Waals surface area contributed by atoms with Gasteiger partial charge in [0.05, 0.1) is 5.70 Å². The van der Waals surface area contributed by atoms with Crippen molar-refractivity contribution in [1.82, 2.24) is 9.78 Å². The fourth-order valence-electron chi connectivity index (χ4n) is 3.78. The third-order valence-electron chi connectivity index (χ3n) is 5.72. The highest BCUT2D eigenvalue weighted by atomic mass is 19.1. The molecule has 1 saturated heterocycles. The van der Waals surface area contributed by atoms with Crippen molar-refractivity contribution in [2.24, 2.45) is 0 Å². The maximum Gasteiger partial charge on any atom is 0.209 e. The first-order valence-electron chi connectivity index (χ1n) is 10.7. The lowest BCUT2D eigenvalue weighted by atomic mass is 9.95. The molecule has 4 rings (SSSR count). The average molecular weight is 450 g/mol. The van der Waals surface area contributed by atoms with Gasteiger partial charge in [0.2, 0.25) is 5.43 Å². The standard InChI is InChI=1S/C25H25F2N5O/c1-25(27)11-15-31(16-12-25)19-7-8-22(20(26)17-19)32-14-10-23(33)24(30-32)21(9-13-28)29-18-5-3-2-4-6-18/h2-10,13-14,17,28-29H,11-12,15-16H2,1H3/b21-9-,28-13?. The van der Waals surface area contributed by atoms with E-state index in [1.54, 1.807) is 19.1 Å². The molecule has 1 aliphatic heterocycles. The first-order chi connectivity index (χ1) is 15.9. The molecule has 0 saturated carbocycles. The minimum Gasteiger partial charge on any atom is -0.371 e. The zero-order valence-corrected chi connectivity index (χ0v) is 18.3. The number of hydrogen-bond acceptors (Lipinski definition) is 5. The van der Waals surface area contributed by atoms with Gasteiger partial charge in [-0.3, -0.25) is 4.79 Å². The lowest BCUT2D eigenvalue weighted by Crippen LogP contribution is -2.40. The molecule has 1 aliphatic rings. The van der Waals surface area contributed by atoms with E-state index in [-0.39, 0.29) is 16.8 Å². The normalized spacial score (nSPS) is 15.8. The molecule has 2 aromatic carbocycles. The van der Waals surface area contributed by atoms with E-state index in [1.807, 2.05) is 35.2 Å². The molecule has 170 valence electrons. The molecule has 0 spiro atoms. The van der Waals surface area contributed by atoms with E-state index in [9.17, 15) is 9.18 Å². The van der Waals surface area contributed by atoms with E-state index in [0.29, 0.717) is 37.3 Å². The fourth-order valence-corrected chi connectivity index (χ4v) is 3.78. The maximum absolute atomic E-state index is 15.1. The molecule has 0 atom stereocenters. The summed E-state index contributed by atoms with van der Waals surface area (Å²) in [6, 6.07) is 15.3. The summed E-state index contributed by atoms with van der Waals surface area (Å²) in [5.74, 6) is -0.503. The SMILES string of the molecule is CC1(F)CCN(c2ccc(-n3ccc(=O)c(/C(=C/C=N)Nc4ccccc4)n3)c(F)c2)CC1. The van der Waals surface area contributed by atoms with Crippen LogP contribution in [0.2, 0.25) is 0 Å². The zero-order valence-electron chi connectivity index (χ0n) is 18.3. The molecule has 1 fully saturated rings. The second-order valence-electron chi connectivity index (χ2n) is 8.25. The van der Waals surface area contributed by atoms with E-state index < -0.39 is 11.5 Å². The van der Waals surface area contributed by atoms with Crippen molar-refractivity contribution in [3.63, 3.8) is 0 Å². The molecule has 0 radical (unpaired) electrons.